The first-order chi connectivity index (χ1) is 6.33. The number of fused-ring (bicyclic) bond motifs is 1. The first-order valence-corrected chi connectivity index (χ1v) is 4.29. The number of aromatic nitrogens is 1. The van der Waals surface area contributed by atoms with Crippen LogP contribution in [0, 0.1) is 0 Å². The van der Waals surface area contributed by atoms with E-state index in [0.717, 1.165) is 0 Å². The zero-order valence-corrected chi connectivity index (χ0v) is 7.62. The van der Waals surface area contributed by atoms with E-state index in [4.69, 9.17) is 5.84 Å². The van der Waals surface area contributed by atoms with Gasteiger partial charge in [0.05, 0.1) is 0 Å². The minimum atomic E-state index is 0.710. The Morgan fingerprint density at radius 3 is 2.92 bits per heavy atom. The van der Waals surface area contributed by atoms with Gasteiger partial charge in [0.25, 0.3) is 0 Å². The summed E-state index contributed by atoms with van der Waals surface area (Å²) >= 11 is 0. The third kappa shape index (κ3) is 1.32. The van der Waals surface area contributed by atoms with Crippen LogP contribution in [0.15, 0.2) is 30.5 Å². The summed E-state index contributed by atoms with van der Waals surface area (Å²) in [6.07, 6.45) is 2.10. The Hall–Kier alpha value is -1.32. The molecule has 3 N–H and O–H groups in total. The Morgan fingerprint density at radius 2 is 2.15 bits per heavy atom. The Kier molecular flexibility index (Phi) is 2.04. The van der Waals surface area contributed by atoms with Crippen molar-refractivity contribution in [1.29, 1.82) is 0 Å². The SMILES string of the molecule is Cn1cc(CNN)c2ccccc21. The second kappa shape index (κ2) is 3.20. The highest BCUT2D eigenvalue weighted by atomic mass is 15.2. The fourth-order valence-electron chi connectivity index (χ4n) is 1.68. The molecular formula is C10H13N3. The largest absolute Gasteiger partial charge is 0.350 e. The van der Waals surface area contributed by atoms with Crippen molar-refractivity contribution in [3.8, 4) is 0 Å². The summed E-state index contributed by atoms with van der Waals surface area (Å²) in [4.78, 5) is 0. The number of nitrogens with one attached hydrogen (secondary N) is 1. The van der Waals surface area contributed by atoms with Crippen molar-refractivity contribution in [2.75, 3.05) is 0 Å². The van der Waals surface area contributed by atoms with E-state index in [0.29, 0.717) is 6.54 Å². The van der Waals surface area contributed by atoms with Crippen LogP contribution in [0.25, 0.3) is 10.9 Å². The maximum atomic E-state index is 5.30. The van der Waals surface area contributed by atoms with Crippen molar-refractivity contribution in [2.24, 2.45) is 12.9 Å². The van der Waals surface area contributed by atoms with Gasteiger partial charge in [-0.25, -0.2) is 0 Å². The molecule has 1 aromatic heterocycles. The van der Waals surface area contributed by atoms with Gasteiger partial charge in [0.15, 0.2) is 0 Å². The quantitative estimate of drug-likeness (QED) is 0.531. The Morgan fingerprint density at radius 1 is 1.38 bits per heavy atom. The summed E-state index contributed by atoms with van der Waals surface area (Å²) < 4.78 is 2.11. The summed E-state index contributed by atoms with van der Waals surface area (Å²) in [5, 5.41) is 1.27. The number of rotatable bonds is 2. The smallest absolute Gasteiger partial charge is 0.0481 e. The summed E-state index contributed by atoms with van der Waals surface area (Å²) in [6, 6.07) is 8.31. The molecule has 68 valence electrons. The summed E-state index contributed by atoms with van der Waals surface area (Å²) in [5.74, 6) is 5.30. The molecule has 0 radical (unpaired) electrons. The van der Waals surface area contributed by atoms with E-state index in [1.807, 2.05) is 19.2 Å². The number of para-hydroxylation sites is 1. The van der Waals surface area contributed by atoms with E-state index in [-0.39, 0.29) is 0 Å². The highest BCUT2D eigenvalue weighted by Gasteiger charge is 2.03. The predicted molar refractivity (Wildman–Crippen MR) is 53.9 cm³/mol. The molecule has 3 heteroatoms. The monoisotopic (exact) mass is 175 g/mol. The van der Waals surface area contributed by atoms with Crippen LogP contribution >= 0.6 is 0 Å². The summed E-state index contributed by atoms with van der Waals surface area (Å²) in [6.45, 7) is 0.710. The Labute approximate surface area is 77.1 Å². The number of nitrogens with zero attached hydrogens (tertiary/aromatic N) is 1. The van der Waals surface area contributed by atoms with Gasteiger partial charge in [0.2, 0.25) is 0 Å². The molecule has 0 unspecified atom stereocenters. The van der Waals surface area contributed by atoms with Crippen LogP contribution < -0.4 is 11.3 Å². The van der Waals surface area contributed by atoms with E-state index in [1.165, 1.54) is 16.5 Å². The first-order valence-electron chi connectivity index (χ1n) is 4.29. The second-order valence-electron chi connectivity index (χ2n) is 3.16. The van der Waals surface area contributed by atoms with Gasteiger partial charge in [-0.1, -0.05) is 18.2 Å². The van der Waals surface area contributed by atoms with Gasteiger partial charge in [-0.05, 0) is 11.6 Å². The summed E-state index contributed by atoms with van der Waals surface area (Å²) in [5.41, 5.74) is 5.16. The topological polar surface area (TPSA) is 43.0 Å². The van der Waals surface area contributed by atoms with Crippen molar-refractivity contribution in [3.05, 3.63) is 36.0 Å². The van der Waals surface area contributed by atoms with Crippen LogP contribution in [-0.4, -0.2) is 4.57 Å². The molecule has 0 saturated carbocycles. The van der Waals surface area contributed by atoms with Crippen molar-refractivity contribution < 1.29 is 0 Å². The van der Waals surface area contributed by atoms with Crippen LogP contribution in [0.1, 0.15) is 5.56 Å². The molecule has 0 aliphatic rings. The molecule has 0 aliphatic carbocycles. The highest BCUT2D eigenvalue weighted by Crippen LogP contribution is 2.19. The molecule has 13 heavy (non-hydrogen) atoms. The Bertz CT molecular complexity index is 417. The van der Waals surface area contributed by atoms with Crippen molar-refractivity contribution in [2.45, 2.75) is 6.54 Å². The minimum absolute atomic E-state index is 0.710. The molecular weight excluding hydrogens is 162 g/mol. The van der Waals surface area contributed by atoms with Crippen LogP contribution in [0.3, 0.4) is 0 Å². The third-order valence-electron chi connectivity index (χ3n) is 2.27. The third-order valence-corrected chi connectivity index (χ3v) is 2.27. The predicted octanol–water partition coefficient (Wildman–Crippen LogP) is 1.14. The lowest BCUT2D eigenvalue weighted by molar-refractivity contribution is 0.742. The average Bonchev–Trinajstić information content (AvgIpc) is 2.46. The molecule has 2 rings (SSSR count). The van der Waals surface area contributed by atoms with Crippen LogP contribution in [0.4, 0.5) is 0 Å². The van der Waals surface area contributed by atoms with Gasteiger partial charge < -0.3 is 4.57 Å². The number of hydrogen-bond donors (Lipinski definition) is 2. The molecule has 2 aromatic rings. The van der Waals surface area contributed by atoms with Crippen LogP contribution in [0.5, 0.6) is 0 Å². The molecule has 0 spiro atoms. The lowest BCUT2D eigenvalue weighted by atomic mass is 10.2. The zero-order chi connectivity index (χ0) is 9.26. The van der Waals surface area contributed by atoms with E-state index in [2.05, 4.69) is 28.3 Å². The average molecular weight is 175 g/mol. The van der Waals surface area contributed by atoms with Crippen LogP contribution in [-0.2, 0) is 13.6 Å². The molecule has 3 nitrogen and oxygen atoms in total. The number of hydrogen-bond acceptors (Lipinski definition) is 2. The molecule has 0 bridgehead atoms. The van der Waals surface area contributed by atoms with E-state index in [1.54, 1.807) is 0 Å². The lowest BCUT2D eigenvalue weighted by Crippen LogP contribution is -2.20. The van der Waals surface area contributed by atoms with Gasteiger partial charge in [-0.3, -0.25) is 11.3 Å². The van der Waals surface area contributed by atoms with E-state index in [9.17, 15) is 0 Å². The van der Waals surface area contributed by atoms with Crippen molar-refractivity contribution in [3.63, 3.8) is 0 Å². The number of benzene rings is 1. The van der Waals surface area contributed by atoms with Gasteiger partial charge in [-0.15, -0.1) is 0 Å². The maximum Gasteiger partial charge on any atom is 0.0481 e. The fraction of sp³-hybridized carbons (Fsp3) is 0.200. The van der Waals surface area contributed by atoms with Gasteiger partial charge in [-0.2, -0.15) is 0 Å². The molecule has 0 saturated heterocycles. The lowest BCUT2D eigenvalue weighted by Gasteiger charge is -1.95. The molecule has 0 atom stereocenters. The number of nitrogens with two attached hydrogens (primary N) is 1. The van der Waals surface area contributed by atoms with E-state index >= 15 is 0 Å². The van der Waals surface area contributed by atoms with E-state index < -0.39 is 0 Å². The minimum Gasteiger partial charge on any atom is -0.350 e. The summed E-state index contributed by atoms with van der Waals surface area (Å²) in [7, 11) is 2.04. The molecule has 1 heterocycles. The molecule has 0 fully saturated rings. The molecule has 1 aromatic carbocycles. The highest BCUT2D eigenvalue weighted by molar-refractivity contribution is 5.83. The Balaban J connectivity index is 2.63. The number of hydrazine groups is 1. The maximum absolute atomic E-state index is 5.30. The molecule has 0 amide bonds. The fourth-order valence-corrected chi connectivity index (χ4v) is 1.68. The van der Waals surface area contributed by atoms with Crippen molar-refractivity contribution >= 4 is 10.9 Å². The van der Waals surface area contributed by atoms with Crippen LogP contribution in [0.2, 0.25) is 0 Å². The zero-order valence-electron chi connectivity index (χ0n) is 7.62. The normalized spacial score (nSPS) is 10.9. The number of aryl methyl sites for hydroxylation is 1. The second-order valence-corrected chi connectivity index (χ2v) is 3.16. The van der Waals surface area contributed by atoms with Gasteiger partial charge >= 0.3 is 0 Å². The van der Waals surface area contributed by atoms with Gasteiger partial charge in [0.1, 0.15) is 0 Å². The molecule has 0 aliphatic heterocycles. The van der Waals surface area contributed by atoms with Gasteiger partial charge in [0, 0.05) is 30.7 Å². The standard InChI is InChI=1S/C10H13N3/c1-13-7-8(6-12-11)9-4-2-3-5-10(9)13/h2-5,7,12H,6,11H2,1H3. The first kappa shape index (κ1) is 8.29. The van der Waals surface area contributed by atoms with Crippen molar-refractivity contribution in [1.82, 2.24) is 9.99 Å².